The summed E-state index contributed by atoms with van der Waals surface area (Å²) in [6, 6.07) is 11.3. The third-order valence-corrected chi connectivity index (χ3v) is 4.92. The first-order valence-corrected chi connectivity index (χ1v) is 8.07. The highest BCUT2D eigenvalue weighted by Gasteiger charge is 2.20. The van der Waals surface area contributed by atoms with Crippen LogP contribution in [0.4, 0.5) is 11.4 Å². The van der Waals surface area contributed by atoms with Crippen LogP contribution in [-0.4, -0.2) is 15.6 Å². The molecule has 0 aliphatic heterocycles. The number of thioether (sulfide) groups is 1. The SMILES string of the molecule is Cc1ccc(C(Cl)CSc2ccc([N+](=O)[O-])cc2[N+](=O)[O-])cc1. The van der Waals surface area contributed by atoms with Crippen LogP contribution in [0.5, 0.6) is 0 Å². The van der Waals surface area contributed by atoms with Gasteiger partial charge in [-0.15, -0.1) is 23.4 Å². The highest BCUT2D eigenvalue weighted by molar-refractivity contribution is 7.99. The van der Waals surface area contributed by atoms with E-state index in [2.05, 4.69) is 0 Å². The zero-order chi connectivity index (χ0) is 17.0. The first-order valence-electron chi connectivity index (χ1n) is 6.64. The lowest BCUT2D eigenvalue weighted by Gasteiger charge is -2.10. The molecule has 8 heteroatoms. The van der Waals surface area contributed by atoms with Crippen molar-refractivity contribution in [2.45, 2.75) is 17.2 Å². The van der Waals surface area contributed by atoms with Gasteiger partial charge in [0.05, 0.1) is 26.2 Å². The van der Waals surface area contributed by atoms with Gasteiger partial charge in [-0.25, -0.2) is 0 Å². The van der Waals surface area contributed by atoms with Crippen LogP contribution in [0.2, 0.25) is 0 Å². The quantitative estimate of drug-likeness (QED) is 0.320. The Balaban J connectivity index is 2.14. The molecule has 0 bridgehead atoms. The molecule has 0 saturated heterocycles. The number of aryl methyl sites for hydroxylation is 1. The van der Waals surface area contributed by atoms with Crippen molar-refractivity contribution in [1.82, 2.24) is 0 Å². The maximum atomic E-state index is 11.1. The van der Waals surface area contributed by atoms with E-state index in [4.69, 9.17) is 11.6 Å². The first-order chi connectivity index (χ1) is 10.9. The zero-order valence-electron chi connectivity index (χ0n) is 12.1. The minimum Gasteiger partial charge on any atom is -0.258 e. The first kappa shape index (κ1) is 17.2. The van der Waals surface area contributed by atoms with Crippen LogP contribution in [0.1, 0.15) is 16.5 Å². The summed E-state index contributed by atoms with van der Waals surface area (Å²) in [5.74, 6) is 0.420. The third-order valence-electron chi connectivity index (χ3n) is 3.17. The maximum absolute atomic E-state index is 11.1. The Morgan fingerprint density at radius 3 is 2.30 bits per heavy atom. The molecule has 2 rings (SSSR count). The van der Waals surface area contributed by atoms with Crippen molar-refractivity contribution >= 4 is 34.7 Å². The van der Waals surface area contributed by atoms with Crippen molar-refractivity contribution in [3.05, 3.63) is 73.8 Å². The van der Waals surface area contributed by atoms with Crippen LogP contribution in [0.25, 0.3) is 0 Å². The molecule has 0 spiro atoms. The van der Waals surface area contributed by atoms with E-state index in [9.17, 15) is 20.2 Å². The average Bonchev–Trinajstić information content (AvgIpc) is 2.52. The topological polar surface area (TPSA) is 86.3 Å². The van der Waals surface area contributed by atoms with E-state index in [-0.39, 0.29) is 16.8 Å². The van der Waals surface area contributed by atoms with Crippen LogP contribution in [0, 0.1) is 27.2 Å². The summed E-state index contributed by atoms with van der Waals surface area (Å²) < 4.78 is 0. The van der Waals surface area contributed by atoms with Gasteiger partial charge in [0, 0.05) is 11.8 Å². The number of non-ortho nitro benzene ring substituents is 1. The molecule has 0 N–H and O–H groups in total. The summed E-state index contributed by atoms with van der Waals surface area (Å²) in [6.45, 7) is 1.97. The van der Waals surface area contributed by atoms with Crippen LogP contribution in [0.15, 0.2) is 47.4 Å². The van der Waals surface area contributed by atoms with Crippen molar-refractivity contribution in [3.63, 3.8) is 0 Å². The van der Waals surface area contributed by atoms with Crippen LogP contribution in [-0.2, 0) is 0 Å². The largest absolute Gasteiger partial charge is 0.289 e. The summed E-state index contributed by atoms with van der Waals surface area (Å²) in [6.07, 6.45) is 0. The van der Waals surface area contributed by atoms with E-state index in [1.807, 2.05) is 31.2 Å². The van der Waals surface area contributed by atoms with Crippen LogP contribution < -0.4 is 0 Å². The molecule has 120 valence electrons. The van der Waals surface area contributed by atoms with Gasteiger partial charge in [-0.1, -0.05) is 29.8 Å². The zero-order valence-corrected chi connectivity index (χ0v) is 13.7. The van der Waals surface area contributed by atoms with Crippen molar-refractivity contribution in [2.75, 3.05) is 5.75 Å². The second kappa shape index (κ2) is 7.43. The fourth-order valence-corrected chi connectivity index (χ4v) is 3.22. The second-order valence-electron chi connectivity index (χ2n) is 4.86. The lowest BCUT2D eigenvalue weighted by Crippen LogP contribution is -1.97. The summed E-state index contributed by atoms with van der Waals surface area (Å²) >= 11 is 7.53. The van der Waals surface area contributed by atoms with Gasteiger partial charge in [-0.05, 0) is 18.6 Å². The fourth-order valence-electron chi connectivity index (χ4n) is 1.92. The maximum Gasteiger partial charge on any atom is 0.289 e. The van der Waals surface area contributed by atoms with Gasteiger partial charge in [-0.3, -0.25) is 20.2 Å². The van der Waals surface area contributed by atoms with E-state index in [0.717, 1.165) is 17.2 Å². The molecule has 2 aromatic carbocycles. The molecule has 0 aromatic heterocycles. The van der Waals surface area contributed by atoms with E-state index in [1.165, 1.54) is 23.9 Å². The number of benzene rings is 2. The number of nitro groups is 2. The van der Waals surface area contributed by atoms with Crippen LogP contribution >= 0.6 is 23.4 Å². The molecule has 0 heterocycles. The Hall–Kier alpha value is -2.12. The number of alkyl halides is 1. The standard InChI is InChI=1S/C15H13ClN2O4S/c1-10-2-4-11(5-3-10)13(16)9-23-15-7-6-12(17(19)20)8-14(15)18(21)22/h2-8,13H,9H2,1H3. The van der Waals surface area contributed by atoms with Crippen molar-refractivity contribution in [1.29, 1.82) is 0 Å². The van der Waals surface area contributed by atoms with Crippen LogP contribution in [0.3, 0.4) is 0 Å². The Morgan fingerprint density at radius 2 is 1.74 bits per heavy atom. The molecular weight excluding hydrogens is 340 g/mol. The Labute approximate surface area is 141 Å². The molecule has 0 amide bonds. The van der Waals surface area contributed by atoms with Gasteiger partial charge in [0.2, 0.25) is 0 Å². The Kier molecular flexibility index (Phi) is 5.57. The highest BCUT2D eigenvalue weighted by Crippen LogP contribution is 2.36. The van der Waals surface area contributed by atoms with Gasteiger partial charge in [0.15, 0.2) is 0 Å². The third kappa shape index (κ3) is 4.43. The molecular formula is C15H13ClN2O4S. The minimum absolute atomic E-state index is 0.281. The molecule has 0 aliphatic carbocycles. The van der Waals surface area contributed by atoms with E-state index < -0.39 is 9.85 Å². The predicted molar refractivity (Wildman–Crippen MR) is 90.2 cm³/mol. The van der Waals surface area contributed by atoms with Gasteiger partial charge in [-0.2, -0.15) is 0 Å². The number of hydrogen-bond donors (Lipinski definition) is 0. The van der Waals surface area contributed by atoms with E-state index in [0.29, 0.717) is 10.6 Å². The van der Waals surface area contributed by atoms with Crippen molar-refractivity contribution < 1.29 is 9.85 Å². The molecule has 6 nitrogen and oxygen atoms in total. The van der Waals surface area contributed by atoms with E-state index in [1.54, 1.807) is 0 Å². The van der Waals surface area contributed by atoms with Gasteiger partial charge >= 0.3 is 0 Å². The molecule has 23 heavy (non-hydrogen) atoms. The summed E-state index contributed by atoms with van der Waals surface area (Å²) in [5.41, 5.74) is 1.46. The molecule has 0 radical (unpaired) electrons. The summed E-state index contributed by atoms with van der Waals surface area (Å²) in [4.78, 5) is 20.9. The van der Waals surface area contributed by atoms with Gasteiger partial charge in [0.1, 0.15) is 0 Å². The van der Waals surface area contributed by atoms with E-state index >= 15 is 0 Å². The monoisotopic (exact) mass is 352 g/mol. The number of hydrogen-bond acceptors (Lipinski definition) is 5. The van der Waals surface area contributed by atoms with Gasteiger partial charge < -0.3 is 0 Å². The number of nitrogens with zero attached hydrogens (tertiary/aromatic N) is 2. The molecule has 0 saturated carbocycles. The lowest BCUT2D eigenvalue weighted by molar-refractivity contribution is -0.396. The molecule has 1 atom stereocenters. The van der Waals surface area contributed by atoms with Gasteiger partial charge in [0.25, 0.3) is 11.4 Å². The second-order valence-corrected chi connectivity index (χ2v) is 6.44. The van der Waals surface area contributed by atoms with Crippen molar-refractivity contribution in [2.24, 2.45) is 0 Å². The minimum atomic E-state index is -0.655. The highest BCUT2D eigenvalue weighted by atomic mass is 35.5. The van der Waals surface area contributed by atoms with Crippen molar-refractivity contribution in [3.8, 4) is 0 Å². The average molecular weight is 353 g/mol. The molecule has 0 aliphatic rings. The lowest BCUT2D eigenvalue weighted by atomic mass is 10.1. The smallest absolute Gasteiger partial charge is 0.258 e. The predicted octanol–water partition coefficient (Wildman–Crippen LogP) is 4.88. The molecule has 0 fully saturated rings. The molecule has 1 unspecified atom stereocenters. The Bertz CT molecular complexity index is 737. The summed E-state index contributed by atoms with van der Waals surface area (Å²) in [5, 5.41) is 21.5. The fraction of sp³-hybridized carbons (Fsp3) is 0.200. The summed E-state index contributed by atoms with van der Waals surface area (Å²) in [7, 11) is 0. The Morgan fingerprint density at radius 1 is 1.09 bits per heavy atom. The number of rotatable bonds is 6. The number of nitro benzene ring substituents is 2. The number of halogens is 1. The molecule has 2 aromatic rings. The normalized spacial score (nSPS) is 11.9.